The number of carbonyl (C=O) groups is 3. The molecule has 5 amide bonds. The van der Waals surface area contributed by atoms with E-state index in [1.165, 1.54) is 29.2 Å². The minimum Gasteiger partial charge on any atom is -0.497 e. The summed E-state index contributed by atoms with van der Waals surface area (Å²) in [6.07, 6.45) is -0.602. The van der Waals surface area contributed by atoms with Gasteiger partial charge < -0.3 is 40.3 Å². The van der Waals surface area contributed by atoms with Gasteiger partial charge >= 0.3 is 12.1 Å². The molecule has 0 aromatic heterocycles. The number of para-hydroxylation sites is 1. The molecular formula is C31H36FN5O6. The lowest BCUT2D eigenvalue weighted by atomic mass is 9.99. The zero-order chi connectivity index (χ0) is 31.1. The van der Waals surface area contributed by atoms with Crippen molar-refractivity contribution in [2.75, 3.05) is 49.8 Å². The molecule has 3 aromatic rings. The number of fused-ring (bicyclic) bond motifs is 1. The van der Waals surface area contributed by atoms with Gasteiger partial charge in [0.25, 0.3) is 5.91 Å². The highest BCUT2D eigenvalue weighted by Crippen LogP contribution is 2.35. The molecule has 0 aliphatic carbocycles. The fraction of sp³-hybridized carbons (Fsp3) is 0.323. The number of amides is 5. The molecule has 0 saturated carbocycles. The zero-order valence-corrected chi connectivity index (χ0v) is 24.5. The van der Waals surface area contributed by atoms with Crippen molar-refractivity contribution in [3.05, 3.63) is 78.1 Å². The molecule has 4 N–H and O–H groups in total. The van der Waals surface area contributed by atoms with Crippen LogP contribution < -0.4 is 25.4 Å². The molecule has 0 spiro atoms. The molecule has 11 nitrogen and oxygen atoms in total. The van der Waals surface area contributed by atoms with Gasteiger partial charge in [-0.15, -0.1) is 0 Å². The van der Waals surface area contributed by atoms with Crippen LogP contribution in [0.15, 0.2) is 66.7 Å². The number of carbonyl (C=O) groups excluding carboxylic acids is 3. The largest absolute Gasteiger partial charge is 0.497 e. The number of anilines is 3. The smallest absolute Gasteiger partial charge is 0.323 e. The van der Waals surface area contributed by atoms with Gasteiger partial charge in [0.05, 0.1) is 37.6 Å². The molecule has 1 aliphatic heterocycles. The van der Waals surface area contributed by atoms with Crippen molar-refractivity contribution in [3.8, 4) is 11.5 Å². The highest BCUT2D eigenvalue weighted by atomic mass is 19.1. The molecule has 0 bridgehead atoms. The van der Waals surface area contributed by atoms with Gasteiger partial charge in [0.1, 0.15) is 17.7 Å². The summed E-state index contributed by atoms with van der Waals surface area (Å²) >= 11 is 0. The van der Waals surface area contributed by atoms with E-state index < -0.39 is 24.0 Å². The maximum atomic E-state index is 13.7. The molecule has 1 heterocycles. The summed E-state index contributed by atoms with van der Waals surface area (Å²) in [4.78, 5) is 42.6. The summed E-state index contributed by atoms with van der Waals surface area (Å²) in [7, 11) is 3.19. The van der Waals surface area contributed by atoms with E-state index in [0.29, 0.717) is 17.1 Å². The first-order valence-corrected chi connectivity index (χ1v) is 13.8. The normalized spacial score (nSPS) is 17.0. The van der Waals surface area contributed by atoms with Crippen LogP contribution in [0.5, 0.6) is 11.5 Å². The number of nitrogens with one attached hydrogen (secondary N) is 3. The van der Waals surface area contributed by atoms with Crippen molar-refractivity contribution in [2.24, 2.45) is 5.92 Å². The van der Waals surface area contributed by atoms with Gasteiger partial charge in [-0.1, -0.05) is 13.0 Å². The highest BCUT2D eigenvalue weighted by Gasteiger charge is 2.35. The molecule has 1 aliphatic rings. The van der Waals surface area contributed by atoms with E-state index in [1.54, 1.807) is 68.4 Å². The van der Waals surface area contributed by atoms with Gasteiger partial charge in [-0.05, 0) is 67.6 Å². The molecule has 3 aromatic carbocycles. The molecule has 12 heteroatoms. The number of urea groups is 2. The monoisotopic (exact) mass is 593 g/mol. The Morgan fingerprint density at radius 2 is 1.72 bits per heavy atom. The third-order valence-corrected chi connectivity index (χ3v) is 7.18. The SMILES string of the molecule is COc1ccc(NC(=O)N(C)C[C@H]2Oc3c(NC(=O)Nc4ccc(F)cc4)cccc3C(=O)N([C@H](C)CO)C[C@H]2C)cc1. The molecule has 228 valence electrons. The maximum Gasteiger partial charge on any atom is 0.323 e. The van der Waals surface area contributed by atoms with Crippen molar-refractivity contribution in [1.82, 2.24) is 9.80 Å². The molecular weight excluding hydrogens is 557 g/mol. The molecule has 0 saturated heterocycles. The van der Waals surface area contributed by atoms with Crippen LogP contribution in [0.3, 0.4) is 0 Å². The summed E-state index contributed by atoms with van der Waals surface area (Å²) in [5.41, 5.74) is 1.38. The number of methoxy groups -OCH3 is 1. The molecule has 0 radical (unpaired) electrons. The van der Waals surface area contributed by atoms with Crippen LogP contribution in [-0.2, 0) is 0 Å². The Morgan fingerprint density at radius 3 is 2.37 bits per heavy atom. The minimum atomic E-state index is -0.626. The Kier molecular flexibility index (Phi) is 10.0. The number of hydrogen-bond donors (Lipinski definition) is 4. The molecule has 0 unspecified atom stereocenters. The minimum absolute atomic E-state index is 0.136. The van der Waals surface area contributed by atoms with E-state index in [4.69, 9.17) is 9.47 Å². The lowest BCUT2D eigenvalue weighted by Gasteiger charge is -2.38. The quantitative estimate of drug-likeness (QED) is 0.295. The Bertz CT molecular complexity index is 1440. The predicted molar refractivity (Wildman–Crippen MR) is 161 cm³/mol. The van der Waals surface area contributed by atoms with Gasteiger partial charge in [0, 0.05) is 30.9 Å². The van der Waals surface area contributed by atoms with Crippen LogP contribution in [0, 0.1) is 11.7 Å². The van der Waals surface area contributed by atoms with Crippen molar-refractivity contribution in [1.29, 1.82) is 0 Å². The number of nitrogens with zero attached hydrogens (tertiary/aromatic N) is 2. The topological polar surface area (TPSA) is 132 Å². The Balaban J connectivity index is 1.59. The maximum absolute atomic E-state index is 13.7. The summed E-state index contributed by atoms with van der Waals surface area (Å²) in [6.45, 7) is 3.80. The van der Waals surface area contributed by atoms with Crippen LogP contribution in [0.4, 0.5) is 31.0 Å². The Morgan fingerprint density at radius 1 is 1.07 bits per heavy atom. The number of likely N-dealkylation sites (N-methyl/N-ethyl adjacent to an activating group) is 1. The summed E-state index contributed by atoms with van der Waals surface area (Å²) in [6, 6.07) is 15.5. The fourth-order valence-electron chi connectivity index (χ4n) is 4.62. The first-order chi connectivity index (χ1) is 20.6. The lowest BCUT2D eigenvalue weighted by molar-refractivity contribution is 0.0373. The van der Waals surface area contributed by atoms with Crippen LogP contribution in [0.1, 0.15) is 24.2 Å². The summed E-state index contributed by atoms with van der Waals surface area (Å²) in [5, 5.41) is 18.1. The van der Waals surface area contributed by atoms with E-state index in [9.17, 15) is 23.9 Å². The second-order valence-electron chi connectivity index (χ2n) is 10.4. The van der Waals surface area contributed by atoms with Gasteiger partial charge in [-0.25, -0.2) is 14.0 Å². The molecule has 0 fully saturated rings. The second kappa shape index (κ2) is 13.9. The Hall–Kier alpha value is -4.84. The van der Waals surface area contributed by atoms with Crippen LogP contribution >= 0.6 is 0 Å². The molecule has 4 rings (SSSR count). The number of ether oxygens (including phenoxy) is 2. The van der Waals surface area contributed by atoms with E-state index in [-0.39, 0.29) is 54.6 Å². The van der Waals surface area contributed by atoms with Crippen molar-refractivity contribution in [2.45, 2.75) is 26.0 Å². The summed E-state index contributed by atoms with van der Waals surface area (Å²) < 4.78 is 24.9. The van der Waals surface area contributed by atoms with E-state index in [0.717, 1.165) is 0 Å². The van der Waals surface area contributed by atoms with Gasteiger partial charge in [0.2, 0.25) is 0 Å². The number of benzene rings is 3. The van der Waals surface area contributed by atoms with Gasteiger partial charge in [-0.2, -0.15) is 0 Å². The van der Waals surface area contributed by atoms with Crippen LogP contribution in [0.2, 0.25) is 0 Å². The predicted octanol–water partition coefficient (Wildman–Crippen LogP) is 4.86. The third kappa shape index (κ3) is 7.72. The number of rotatable bonds is 8. The summed E-state index contributed by atoms with van der Waals surface area (Å²) in [5.74, 6) is -0.281. The zero-order valence-electron chi connectivity index (χ0n) is 24.5. The van der Waals surface area contributed by atoms with Crippen molar-refractivity contribution < 1.29 is 33.4 Å². The second-order valence-corrected chi connectivity index (χ2v) is 10.4. The third-order valence-electron chi connectivity index (χ3n) is 7.18. The molecule has 3 atom stereocenters. The van der Waals surface area contributed by atoms with Gasteiger partial charge in [-0.3, -0.25) is 4.79 Å². The standard InChI is InChI=1S/C31H36FN5O6/c1-19-16-37(20(2)18-38)29(39)25-6-5-7-26(35-30(40)33-22-10-8-21(32)9-11-22)28(25)43-27(19)17-36(3)31(41)34-23-12-14-24(42-4)15-13-23/h5-15,19-20,27,38H,16-18H2,1-4H3,(H,34,41)(H2,33,35,40)/t19-,20-,27-/m1/s1. The van der Waals surface area contributed by atoms with Crippen molar-refractivity contribution >= 4 is 35.0 Å². The Labute approximate surface area is 249 Å². The first kappa shape index (κ1) is 31.1. The number of halogens is 1. The average molecular weight is 594 g/mol. The fourth-order valence-corrected chi connectivity index (χ4v) is 4.62. The van der Waals surface area contributed by atoms with E-state index in [2.05, 4.69) is 16.0 Å². The van der Waals surface area contributed by atoms with E-state index >= 15 is 0 Å². The number of aliphatic hydroxyl groups excluding tert-OH is 1. The van der Waals surface area contributed by atoms with Crippen LogP contribution in [-0.4, -0.2) is 78.9 Å². The number of aliphatic hydroxyl groups is 1. The highest BCUT2D eigenvalue weighted by molar-refractivity contribution is 6.04. The molecule has 43 heavy (non-hydrogen) atoms. The number of hydrogen-bond acceptors (Lipinski definition) is 6. The lowest BCUT2D eigenvalue weighted by Crippen LogP contribution is -2.50. The van der Waals surface area contributed by atoms with Crippen LogP contribution in [0.25, 0.3) is 0 Å². The van der Waals surface area contributed by atoms with Gasteiger partial charge in [0.15, 0.2) is 5.75 Å². The first-order valence-electron chi connectivity index (χ1n) is 13.8. The van der Waals surface area contributed by atoms with Crippen molar-refractivity contribution in [3.63, 3.8) is 0 Å². The average Bonchev–Trinajstić information content (AvgIpc) is 3.00. The van der Waals surface area contributed by atoms with E-state index in [1.807, 2.05) is 6.92 Å².